The van der Waals surface area contributed by atoms with Gasteiger partial charge in [0, 0.05) is 37.2 Å². The van der Waals surface area contributed by atoms with Crippen LogP contribution in [-0.4, -0.2) is 43.6 Å². The number of rotatable bonds is 7. The lowest BCUT2D eigenvalue weighted by molar-refractivity contribution is 0.429. The fourth-order valence-corrected chi connectivity index (χ4v) is 2.63. The molecule has 0 atom stereocenters. The summed E-state index contributed by atoms with van der Waals surface area (Å²) in [5.41, 5.74) is 1.98. The van der Waals surface area contributed by atoms with Crippen molar-refractivity contribution in [3.63, 3.8) is 0 Å². The van der Waals surface area contributed by atoms with Crippen LogP contribution in [0.2, 0.25) is 0 Å². The molecule has 1 rings (SSSR count). The first-order valence-electron chi connectivity index (χ1n) is 6.05. The molecule has 0 saturated heterocycles. The van der Waals surface area contributed by atoms with Crippen LogP contribution in [0.1, 0.15) is 19.0 Å². The van der Waals surface area contributed by atoms with Gasteiger partial charge in [-0.1, -0.05) is 6.92 Å². The fraction of sp³-hybridized carbons (Fsp3) is 0.583. The summed E-state index contributed by atoms with van der Waals surface area (Å²) < 4.78 is 24.2. The average Bonchev–Trinajstić information content (AvgIpc) is 2.27. The van der Waals surface area contributed by atoms with Crippen LogP contribution in [-0.2, 0) is 10.0 Å². The first-order chi connectivity index (χ1) is 8.43. The lowest BCUT2D eigenvalue weighted by Gasteiger charge is -2.17. The Hall–Kier alpha value is -1.14. The smallest absolute Gasteiger partial charge is 0.211 e. The Morgan fingerprint density at radius 3 is 2.72 bits per heavy atom. The molecule has 0 fully saturated rings. The van der Waals surface area contributed by atoms with Gasteiger partial charge in [0.1, 0.15) is 0 Å². The molecule has 102 valence electrons. The summed E-state index contributed by atoms with van der Waals surface area (Å²) in [6, 6.07) is 3.87. The van der Waals surface area contributed by atoms with Crippen LogP contribution in [0, 0.1) is 6.92 Å². The maximum Gasteiger partial charge on any atom is 0.211 e. The third kappa shape index (κ3) is 5.01. The first kappa shape index (κ1) is 14.9. The molecular formula is C12H21N3O2S. The van der Waals surface area contributed by atoms with E-state index in [4.69, 9.17) is 0 Å². The van der Waals surface area contributed by atoms with Gasteiger partial charge in [0.15, 0.2) is 0 Å². The molecule has 6 heteroatoms. The molecule has 0 spiro atoms. The lowest BCUT2D eigenvalue weighted by Crippen LogP contribution is -2.31. The Morgan fingerprint density at radius 2 is 2.17 bits per heavy atom. The molecule has 0 aromatic carbocycles. The van der Waals surface area contributed by atoms with E-state index in [0.717, 1.165) is 24.3 Å². The van der Waals surface area contributed by atoms with Crippen LogP contribution in [0.3, 0.4) is 0 Å². The molecule has 0 unspecified atom stereocenters. The van der Waals surface area contributed by atoms with E-state index in [2.05, 4.69) is 10.3 Å². The minimum absolute atomic E-state index is 0.521. The van der Waals surface area contributed by atoms with Crippen LogP contribution in [0.15, 0.2) is 18.3 Å². The predicted octanol–water partition coefficient (Wildman–Crippen LogP) is 1.47. The summed E-state index contributed by atoms with van der Waals surface area (Å²) in [6.07, 6.45) is 3.78. The summed E-state index contributed by atoms with van der Waals surface area (Å²) in [6.45, 7) is 5.60. The number of anilines is 1. The Morgan fingerprint density at radius 1 is 1.44 bits per heavy atom. The molecule has 0 aliphatic carbocycles. The highest BCUT2D eigenvalue weighted by atomic mass is 32.2. The highest BCUT2D eigenvalue weighted by molar-refractivity contribution is 7.88. The molecule has 0 aliphatic heterocycles. The summed E-state index contributed by atoms with van der Waals surface area (Å²) in [5.74, 6) is 0. The van der Waals surface area contributed by atoms with Crippen molar-refractivity contribution in [2.75, 3.05) is 31.2 Å². The standard InChI is InChI=1S/C12H21N3O2S/c1-4-15(18(3,16)17)9-5-7-14-12-6-8-13-11(2)10-12/h6,8,10H,4-5,7,9H2,1-3H3,(H,13,14). The van der Waals surface area contributed by atoms with Crippen molar-refractivity contribution in [3.8, 4) is 0 Å². The Labute approximate surface area is 109 Å². The number of aryl methyl sites for hydroxylation is 1. The van der Waals surface area contributed by atoms with Crippen LogP contribution in [0.5, 0.6) is 0 Å². The highest BCUT2D eigenvalue weighted by Gasteiger charge is 2.12. The number of sulfonamides is 1. The molecule has 0 aliphatic rings. The van der Waals surface area contributed by atoms with Crippen LogP contribution >= 0.6 is 0 Å². The molecule has 0 bridgehead atoms. The van der Waals surface area contributed by atoms with Gasteiger partial charge in [0.25, 0.3) is 0 Å². The minimum Gasteiger partial charge on any atom is -0.385 e. The monoisotopic (exact) mass is 271 g/mol. The summed E-state index contributed by atoms with van der Waals surface area (Å²) in [4.78, 5) is 4.11. The fourth-order valence-electron chi connectivity index (χ4n) is 1.70. The maximum absolute atomic E-state index is 11.4. The number of nitrogens with zero attached hydrogens (tertiary/aromatic N) is 2. The highest BCUT2D eigenvalue weighted by Crippen LogP contribution is 2.07. The molecule has 1 N–H and O–H groups in total. The number of pyridine rings is 1. The van der Waals surface area contributed by atoms with E-state index in [1.54, 1.807) is 6.20 Å². The van der Waals surface area contributed by atoms with Gasteiger partial charge in [-0.05, 0) is 25.5 Å². The Kier molecular flexibility index (Phi) is 5.55. The van der Waals surface area contributed by atoms with E-state index in [1.807, 2.05) is 26.0 Å². The van der Waals surface area contributed by atoms with Crippen molar-refractivity contribution in [2.24, 2.45) is 0 Å². The quantitative estimate of drug-likeness (QED) is 0.763. The van der Waals surface area contributed by atoms with Crippen molar-refractivity contribution >= 4 is 15.7 Å². The molecule has 1 aromatic heterocycles. The second kappa shape index (κ2) is 6.70. The third-order valence-corrected chi connectivity index (χ3v) is 4.01. The van der Waals surface area contributed by atoms with Gasteiger partial charge in [-0.15, -0.1) is 0 Å². The van der Waals surface area contributed by atoms with Crippen molar-refractivity contribution < 1.29 is 8.42 Å². The third-order valence-electron chi connectivity index (χ3n) is 2.63. The Bertz CT molecular complexity index is 474. The summed E-state index contributed by atoms with van der Waals surface area (Å²) >= 11 is 0. The minimum atomic E-state index is -3.07. The molecule has 1 heterocycles. The van der Waals surface area contributed by atoms with E-state index in [0.29, 0.717) is 13.1 Å². The zero-order chi connectivity index (χ0) is 13.6. The van der Waals surface area contributed by atoms with Gasteiger partial charge >= 0.3 is 0 Å². The zero-order valence-corrected chi connectivity index (χ0v) is 12.0. The van der Waals surface area contributed by atoms with Crippen LogP contribution < -0.4 is 5.32 Å². The molecule has 5 nitrogen and oxygen atoms in total. The van der Waals surface area contributed by atoms with Gasteiger partial charge in [-0.3, -0.25) is 4.98 Å². The molecule has 1 aromatic rings. The number of aromatic nitrogens is 1. The van der Waals surface area contributed by atoms with E-state index in [9.17, 15) is 8.42 Å². The van der Waals surface area contributed by atoms with E-state index >= 15 is 0 Å². The normalized spacial score (nSPS) is 11.8. The Balaban J connectivity index is 2.35. The largest absolute Gasteiger partial charge is 0.385 e. The molecule has 0 saturated carbocycles. The molecule has 0 radical (unpaired) electrons. The van der Waals surface area contributed by atoms with Crippen LogP contribution in [0.25, 0.3) is 0 Å². The molecular weight excluding hydrogens is 250 g/mol. The van der Waals surface area contributed by atoms with Crippen LogP contribution in [0.4, 0.5) is 5.69 Å². The van der Waals surface area contributed by atoms with Crippen molar-refractivity contribution in [1.29, 1.82) is 0 Å². The van der Waals surface area contributed by atoms with Gasteiger partial charge in [-0.2, -0.15) is 0 Å². The van der Waals surface area contributed by atoms with Gasteiger partial charge < -0.3 is 5.32 Å². The topological polar surface area (TPSA) is 62.3 Å². The first-order valence-corrected chi connectivity index (χ1v) is 7.90. The van der Waals surface area contributed by atoms with Crippen molar-refractivity contribution in [3.05, 3.63) is 24.0 Å². The SMILES string of the molecule is CCN(CCCNc1ccnc(C)c1)S(C)(=O)=O. The average molecular weight is 271 g/mol. The molecule has 0 amide bonds. The number of hydrogen-bond donors (Lipinski definition) is 1. The van der Waals surface area contributed by atoms with Crippen molar-refractivity contribution in [1.82, 2.24) is 9.29 Å². The second-order valence-electron chi connectivity index (χ2n) is 4.22. The molecule has 18 heavy (non-hydrogen) atoms. The van der Waals surface area contributed by atoms with E-state index in [-0.39, 0.29) is 0 Å². The van der Waals surface area contributed by atoms with E-state index in [1.165, 1.54) is 10.6 Å². The zero-order valence-electron chi connectivity index (χ0n) is 11.2. The van der Waals surface area contributed by atoms with Crippen molar-refractivity contribution in [2.45, 2.75) is 20.3 Å². The number of hydrogen-bond acceptors (Lipinski definition) is 4. The summed E-state index contributed by atoms with van der Waals surface area (Å²) in [5, 5.41) is 3.25. The maximum atomic E-state index is 11.4. The van der Waals surface area contributed by atoms with Gasteiger partial charge in [0.2, 0.25) is 10.0 Å². The summed E-state index contributed by atoms with van der Waals surface area (Å²) in [7, 11) is -3.07. The van der Waals surface area contributed by atoms with E-state index < -0.39 is 10.0 Å². The van der Waals surface area contributed by atoms with Gasteiger partial charge in [-0.25, -0.2) is 12.7 Å². The second-order valence-corrected chi connectivity index (χ2v) is 6.20. The number of nitrogens with one attached hydrogen (secondary N) is 1. The van der Waals surface area contributed by atoms with Gasteiger partial charge in [0.05, 0.1) is 6.26 Å². The lowest BCUT2D eigenvalue weighted by atomic mass is 10.3. The predicted molar refractivity (Wildman–Crippen MR) is 74.2 cm³/mol.